The molecule has 2 heterocycles. The molecular formula is C24H23N3O5. The highest BCUT2D eigenvalue weighted by Crippen LogP contribution is 2.19. The van der Waals surface area contributed by atoms with Crippen molar-refractivity contribution in [2.45, 2.75) is 25.9 Å². The molecular weight excluding hydrogens is 410 g/mol. The molecule has 0 saturated heterocycles. The van der Waals surface area contributed by atoms with Crippen molar-refractivity contribution in [1.82, 2.24) is 14.5 Å². The molecule has 0 spiro atoms. The first kappa shape index (κ1) is 21.2. The number of para-hydroxylation sites is 1. The normalized spacial score (nSPS) is 11.9. The maximum atomic E-state index is 13.6. The van der Waals surface area contributed by atoms with Gasteiger partial charge < -0.3 is 14.5 Å². The number of carbonyl (C=O) groups excluding carboxylic acids is 1. The lowest BCUT2D eigenvalue weighted by molar-refractivity contribution is -0.124. The number of rotatable bonds is 7. The third-order valence-corrected chi connectivity index (χ3v) is 5.34. The Hall–Kier alpha value is -4.07. The van der Waals surface area contributed by atoms with Crippen LogP contribution in [0.2, 0.25) is 0 Å². The van der Waals surface area contributed by atoms with Crippen LogP contribution in [0, 0.1) is 0 Å². The standard InChI is InChI=1S/C24H23N3O5/c1-3-20(22(28)25-15-18-7-6-14-32-18)27-21-9-5-4-8-19(21)23(29)26(24(27)30)16-10-12-17(31-2)13-11-16/h4-14,20H,3,15H2,1-2H3,(H,25,28)/t20-/m1/s1. The topological polar surface area (TPSA) is 95.5 Å². The summed E-state index contributed by atoms with van der Waals surface area (Å²) in [5, 5.41) is 3.17. The summed E-state index contributed by atoms with van der Waals surface area (Å²) in [6.45, 7) is 2.02. The molecule has 0 unspecified atom stereocenters. The lowest BCUT2D eigenvalue weighted by atomic mass is 10.1. The van der Waals surface area contributed by atoms with E-state index in [1.54, 1.807) is 60.7 Å². The van der Waals surface area contributed by atoms with Crippen molar-refractivity contribution in [1.29, 1.82) is 0 Å². The van der Waals surface area contributed by atoms with Crippen LogP contribution < -0.4 is 21.3 Å². The van der Waals surface area contributed by atoms with Crippen LogP contribution in [-0.4, -0.2) is 22.2 Å². The molecule has 1 atom stereocenters. The molecule has 0 bridgehead atoms. The number of hydrogen-bond donors (Lipinski definition) is 1. The first-order chi connectivity index (χ1) is 15.5. The van der Waals surface area contributed by atoms with Crippen molar-refractivity contribution in [2.24, 2.45) is 0 Å². The minimum Gasteiger partial charge on any atom is -0.497 e. The Labute approximate surface area is 183 Å². The van der Waals surface area contributed by atoms with Crippen molar-refractivity contribution in [3.05, 3.63) is 93.5 Å². The van der Waals surface area contributed by atoms with Crippen LogP contribution in [0.15, 0.2) is 80.9 Å². The van der Waals surface area contributed by atoms with Crippen molar-refractivity contribution < 1.29 is 13.9 Å². The molecule has 0 aliphatic heterocycles. The Morgan fingerprint density at radius 3 is 2.47 bits per heavy atom. The molecule has 0 fully saturated rings. The fourth-order valence-electron chi connectivity index (χ4n) is 3.73. The molecule has 0 aliphatic rings. The molecule has 4 aromatic rings. The van der Waals surface area contributed by atoms with Crippen LogP contribution in [0.1, 0.15) is 25.1 Å². The van der Waals surface area contributed by atoms with E-state index in [4.69, 9.17) is 9.15 Å². The molecule has 1 amide bonds. The molecule has 1 N–H and O–H groups in total. The van der Waals surface area contributed by atoms with Crippen LogP contribution in [0.3, 0.4) is 0 Å². The Bertz CT molecular complexity index is 1350. The number of aromatic nitrogens is 2. The smallest absolute Gasteiger partial charge is 0.336 e. The second kappa shape index (κ2) is 8.97. The second-order valence-corrected chi connectivity index (χ2v) is 7.23. The fraction of sp³-hybridized carbons (Fsp3) is 0.208. The van der Waals surface area contributed by atoms with Gasteiger partial charge in [-0.05, 0) is 55.0 Å². The van der Waals surface area contributed by atoms with Gasteiger partial charge in [0.15, 0.2) is 0 Å². The summed E-state index contributed by atoms with van der Waals surface area (Å²) in [6.07, 6.45) is 1.89. The molecule has 8 heteroatoms. The van der Waals surface area contributed by atoms with E-state index in [0.717, 1.165) is 4.57 Å². The van der Waals surface area contributed by atoms with Gasteiger partial charge in [0, 0.05) is 0 Å². The Kier molecular flexibility index (Phi) is 5.93. The van der Waals surface area contributed by atoms with E-state index in [0.29, 0.717) is 34.5 Å². The number of hydrogen-bond acceptors (Lipinski definition) is 5. The van der Waals surface area contributed by atoms with Crippen molar-refractivity contribution in [2.75, 3.05) is 7.11 Å². The van der Waals surface area contributed by atoms with Crippen LogP contribution in [-0.2, 0) is 11.3 Å². The summed E-state index contributed by atoms with van der Waals surface area (Å²) < 4.78 is 12.9. The summed E-state index contributed by atoms with van der Waals surface area (Å²) >= 11 is 0. The molecule has 2 aromatic carbocycles. The van der Waals surface area contributed by atoms with Crippen LogP contribution in [0.25, 0.3) is 16.6 Å². The van der Waals surface area contributed by atoms with Gasteiger partial charge in [0.25, 0.3) is 5.56 Å². The van der Waals surface area contributed by atoms with E-state index >= 15 is 0 Å². The molecule has 164 valence electrons. The van der Waals surface area contributed by atoms with Gasteiger partial charge in [-0.3, -0.25) is 14.2 Å². The molecule has 0 aliphatic carbocycles. The van der Waals surface area contributed by atoms with E-state index in [2.05, 4.69) is 5.32 Å². The predicted octanol–water partition coefficient (Wildman–Crippen LogP) is 3.02. The van der Waals surface area contributed by atoms with Gasteiger partial charge in [-0.1, -0.05) is 19.1 Å². The van der Waals surface area contributed by atoms with Crippen molar-refractivity contribution in [3.8, 4) is 11.4 Å². The third kappa shape index (κ3) is 3.82. The van der Waals surface area contributed by atoms with Gasteiger partial charge in [-0.25, -0.2) is 9.36 Å². The number of nitrogens with zero attached hydrogens (tertiary/aromatic N) is 2. The highest BCUT2D eigenvalue weighted by Gasteiger charge is 2.25. The number of benzene rings is 2. The monoisotopic (exact) mass is 433 g/mol. The van der Waals surface area contributed by atoms with E-state index in [-0.39, 0.29) is 12.5 Å². The average molecular weight is 433 g/mol. The number of carbonyl (C=O) groups is 1. The first-order valence-corrected chi connectivity index (χ1v) is 10.3. The van der Waals surface area contributed by atoms with Gasteiger partial charge in [0.2, 0.25) is 5.91 Å². The second-order valence-electron chi connectivity index (χ2n) is 7.23. The van der Waals surface area contributed by atoms with Gasteiger partial charge in [-0.15, -0.1) is 0 Å². The quantitative estimate of drug-likeness (QED) is 0.483. The molecule has 0 saturated carbocycles. The summed E-state index contributed by atoms with van der Waals surface area (Å²) in [4.78, 5) is 39.9. The predicted molar refractivity (Wildman–Crippen MR) is 120 cm³/mol. The van der Waals surface area contributed by atoms with Crippen molar-refractivity contribution >= 4 is 16.8 Å². The zero-order chi connectivity index (χ0) is 22.7. The lowest BCUT2D eigenvalue weighted by Crippen LogP contribution is -2.44. The lowest BCUT2D eigenvalue weighted by Gasteiger charge is -2.21. The van der Waals surface area contributed by atoms with Crippen molar-refractivity contribution in [3.63, 3.8) is 0 Å². The number of amides is 1. The SMILES string of the molecule is CC[C@H](C(=O)NCc1ccco1)n1c(=O)n(-c2ccc(OC)cc2)c(=O)c2ccccc21. The maximum Gasteiger partial charge on any atom is 0.336 e. The minimum atomic E-state index is -0.813. The molecule has 4 rings (SSSR count). The van der Waals surface area contributed by atoms with E-state index in [9.17, 15) is 14.4 Å². The highest BCUT2D eigenvalue weighted by molar-refractivity contribution is 5.84. The number of furan rings is 1. The van der Waals surface area contributed by atoms with Gasteiger partial charge in [-0.2, -0.15) is 0 Å². The molecule has 0 radical (unpaired) electrons. The third-order valence-electron chi connectivity index (χ3n) is 5.34. The number of fused-ring (bicyclic) bond motifs is 1. The first-order valence-electron chi connectivity index (χ1n) is 10.3. The fourth-order valence-corrected chi connectivity index (χ4v) is 3.73. The zero-order valence-corrected chi connectivity index (χ0v) is 17.8. The maximum absolute atomic E-state index is 13.6. The average Bonchev–Trinajstić information content (AvgIpc) is 3.34. The van der Waals surface area contributed by atoms with Gasteiger partial charge in [0.1, 0.15) is 17.6 Å². The van der Waals surface area contributed by atoms with E-state index in [1.165, 1.54) is 17.9 Å². The van der Waals surface area contributed by atoms with E-state index in [1.807, 2.05) is 6.92 Å². The Morgan fingerprint density at radius 2 is 1.81 bits per heavy atom. The van der Waals surface area contributed by atoms with Gasteiger partial charge >= 0.3 is 5.69 Å². The highest BCUT2D eigenvalue weighted by atomic mass is 16.5. The summed E-state index contributed by atoms with van der Waals surface area (Å²) in [6, 6.07) is 16.1. The largest absolute Gasteiger partial charge is 0.497 e. The Morgan fingerprint density at radius 1 is 1.06 bits per heavy atom. The number of ether oxygens (including phenoxy) is 1. The minimum absolute atomic E-state index is 0.202. The summed E-state index contributed by atoms with van der Waals surface area (Å²) in [5.41, 5.74) is -0.227. The summed E-state index contributed by atoms with van der Waals surface area (Å²) in [5.74, 6) is 0.872. The zero-order valence-electron chi connectivity index (χ0n) is 17.8. The molecule has 32 heavy (non-hydrogen) atoms. The summed E-state index contributed by atoms with van der Waals surface area (Å²) in [7, 11) is 1.54. The van der Waals surface area contributed by atoms with E-state index < -0.39 is 17.3 Å². The van der Waals surface area contributed by atoms with Crippen LogP contribution in [0.5, 0.6) is 5.75 Å². The molecule has 8 nitrogen and oxygen atoms in total. The van der Waals surface area contributed by atoms with Gasteiger partial charge in [0.05, 0.1) is 36.5 Å². The number of methoxy groups -OCH3 is 1. The molecule has 2 aromatic heterocycles. The number of nitrogens with one attached hydrogen (secondary N) is 1. The Balaban J connectivity index is 1.86. The van der Waals surface area contributed by atoms with Crippen LogP contribution in [0.4, 0.5) is 0 Å². The van der Waals surface area contributed by atoms with Crippen LogP contribution >= 0.6 is 0 Å².